The fourth-order valence-electron chi connectivity index (χ4n) is 1.79. The fraction of sp³-hybridized carbons (Fsp3) is 0.545. The van der Waals surface area contributed by atoms with Gasteiger partial charge in [0.1, 0.15) is 5.39 Å². The van der Waals surface area contributed by atoms with E-state index in [1.807, 2.05) is 20.8 Å². The first-order valence-electron chi connectivity index (χ1n) is 5.31. The molecule has 2 heterocycles. The van der Waals surface area contributed by atoms with Gasteiger partial charge in [0.25, 0.3) is 5.56 Å². The van der Waals surface area contributed by atoms with E-state index in [9.17, 15) is 9.59 Å². The molecule has 0 saturated carbocycles. The zero-order chi connectivity index (χ0) is 13.0. The second-order valence-electron chi connectivity index (χ2n) is 5.17. The molecule has 0 aliphatic rings. The minimum atomic E-state index is -0.406. The van der Waals surface area contributed by atoms with Crippen LogP contribution in [0.15, 0.2) is 14.1 Å². The molecule has 6 nitrogen and oxygen atoms in total. The summed E-state index contributed by atoms with van der Waals surface area (Å²) in [7, 11) is 3.02. The molecule has 0 atom stereocenters. The van der Waals surface area contributed by atoms with Gasteiger partial charge in [0.15, 0.2) is 11.4 Å². The van der Waals surface area contributed by atoms with E-state index in [1.54, 1.807) is 7.05 Å². The molecule has 0 saturated heterocycles. The number of nitrogens with zero attached hydrogens (tertiary/aromatic N) is 3. The molecule has 2 aromatic rings. The maximum Gasteiger partial charge on any atom is 0.332 e. The molecule has 0 N–H and O–H groups in total. The van der Waals surface area contributed by atoms with E-state index in [0.29, 0.717) is 16.8 Å². The Bertz CT molecular complexity index is 698. The van der Waals surface area contributed by atoms with Crippen molar-refractivity contribution in [1.29, 1.82) is 0 Å². The van der Waals surface area contributed by atoms with Crippen LogP contribution in [-0.2, 0) is 19.5 Å². The van der Waals surface area contributed by atoms with Crippen molar-refractivity contribution >= 4 is 11.0 Å². The molecular formula is C11H15N3O3. The SMILES string of the molecule is Cn1c(=O)c2c(C(C)(C)C)onc2n(C)c1=O. The molecule has 0 bridgehead atoms. The first-order valence-corrected chi connectivity index (χ1v) is 5.31. The van der Waals surface area contributed by atoms with Crippen molar-refractivity contribution in [2.75, 3.05) is 0 Å². The Kier molecular flexibility index (Phi) is 2.27. The van der Waals surface area contributed by atoms with E-state index in [4.69, 9.17) is 4.52 Å². The summed E-state index contributed by atoms with van der Waals surface area (Å²) in [6, 6.07) is 0. The number of rotatable bonds is 0. The summed E-state index contributed by atoms with van der Waals surface area (Å²) in [5.41, 5.74) is -0.813. The van der Waals surface area contributed by atoms with Gasteiger partial charge in [0.05, 0.1) is 0 Å². The highest BCUT2D eigenvalue weighted by Crippen LogP contribution is 2.26. The smallest absolute Gasteiger partial charge is 0.332 e. The van der Waals surface area contributed by atoms with Gasteiger partial charge in [-0.15, -0.1) is 0 Å². The van der Waals surface area contributed by atoms with Gasteiger partial charge < -0.3 is 4.52 Å². The largest absolute Gasteiger partial charge is 0.358 e. The summed E-state index contributed by atoms with van der Waals surface area (Å²) >= 11 is 0. The van der Waals surface area contributed by atoms with Crippen LogP contribution in [0.5, 0.6) is 0 Å². The van der Waals surface area contributed by atoms with Crippen LogP contribution in [-0.4, -0.2) is 14.3 Å². The fourth-order valence-corrected chi connectivity index (χ4v) is 1.79. The second kappa shape index (κ2) is 3.32. The standard InChI is InChI=1S/C11H15N3O3/c1-11(2,3)7-6-8(12-17-7)13(4)10(16)14(5)9(6)15/h1-5H3. The van der Waals surface area contributed by atoms with Crippen LogP contribution in [0.1, 0.15) is 26.5 Å². The van der Waals surface area contributed by atoms with Crippen molar-refractivity contribution in [1.82, 2.24) is 14.3 Å². The van der Waals surface area contributed by atoms with Crippen LogP contribution in [0.3, 0.4) is 0 Å². The normalized spacial score (nSPS) is 12.3. The first-order chi connectivity index (χ1) is 7.75. The Morgan fingerprint density at radius 1 is 1.12 bits per heavy atom. The van der Waals surface area contributed by atoms with Gasteiger partial charge in [-0.25, -0.2) is 4.79 Å². The lowest BCUT2D eigenvalue weighted by atomic mass is 9.91. The topological polar surface area (TPSA) is 70.0 Å². The van der Waals surface area contributed by atoms with Crippen LogP contribution >= 0.6 is 0 Å². The summed E-state index contributed by atoms with van der Waals surface area (Å²) in [6.45, 7) is 5.78. The van der Waals surface area contributed by atoms with Crippen LogP contribution in [0.2, 0.25) is 0 Å². The third-order valence-electron chi connectivity index (χ3n) is 2.77. The maximum atomic E-state index is 12.1. The first kappa shape index (κ1) is 11.6. The van der Waals surface area contributed by atoms with Gasteiger partial charge in [-0.2, -0.15) is 0 Å². The van der Waals surface area contributed by atoms with E-state index in [-0.39, 0.29) is 11.0 Å². The molecule has 0 aliphatic carbocycles. The molecule has 2 rings (SSSR count). The minimum Gasteiger partial charge on any atom is -0.358 e. The molecule has 0 aromatic carbocycles. The van der Waals surface area contributed by atoms with Crippen LogP contribution in [0.4, 0.5) is 0 Å². The van der Waals surface area contributed by atoms with Gasteiger partial charge in [-0.05, 0) is 0 Å². The average molecular weight is 237 g/mol. The van der Waals surface area contributed by atoms with Crippen molar-refractivity contribution in [3.63, 3.8) is 0 Å². The summed E-state index contributed by atoms with van der Waals surface area (Å²) < 4.78 is 7.61. The predicted octanol–water partition coefficient (Wildman–Crippen LogP) is 0.523. The quantitative estimate of drug-likeness (QED) is 0.670. The molecule has 2 aromatic heterocycles. The second-order valence-corrected chi connectivity index (χ2v) is 5.17. The minimum absolute atomic E-state index is 0.294. The highest BCUT2D eigenvalue weighted by molar-refractivity contribution is 5.77. The Hall–Kier alpha value is -1.85. The van der Waals surface area contributed by atoms with E-state index in [1.165, 1.54) is 11.6 Å². The lowest BCUT2D eigenvalue weighted by Gasteiger charge is -2.13. The number of hydrogen-bond acceptors (Lipinski definition) is 4. The molecule has 0 fully saturated rings. The van der Waals surface area contributed by atoms with Crippen LogP contribution < -0.4 is 11.2 Å². The molecule has 17 heavy (non-hydrogen) atoms. The zero-order valence-corrected chi connectivity index (χ0v) is 10.6. The van der Waals surface area contributed by atoms with Gasteiger partial charge in [-0.1, -0.05) is 25.9 Å². The highest BCUT2D eigenvalue weighted by Gasteiger charge is 2.27. The maximum absolute atomic E-state index is 12.1. The van der Waals surface area contributed by atoms with Crippen molar-refractivity contribution in [3.8, 4) is 0 Å². The van der Waals surface area contributed by atoms with Crippen LogP contribution in [0, 0.1) is 0 Å². The van der Waals surface area contributed by atoms with E-state index >= 15 is 0 Å². The van der Waals surface area contributed by atoms with Gasteiger partial charge in [-0.3, -0.25) is 13.9 Å². The summed E-state index contributed by atoms with van der Waals surface area (Å²) in [5.74, 6) is 0.503. The number of aryl methyl sites for hydroxylation is 1. The van der Waals surface area contributed by atoms with E-state index < -0.39 is 5.69 Å². The van der Waals surface area contributed by atoms with Gasteiger partial charge in [0, 0.05) is 19.5 Å². The Balaban J connectivity index is 3.07. The number of hydrogen-bond donors (Lipinski definition) is 0. The monoisotopic (exact) mass is 237 g/mol. The van der Waals surface area contributed by atoms with Crippen LogP contribution in [0.25, 0.3) is 11.0 Å². The Morgan fingerprint density at radius 3 is 2.24 bits per heavy atom. The van der Waals surface area contributed by atoms with Gasteiger partial charge >= 0.3 is 5.69 Å². The molecule has 6 heteroatoms. The van der Waals surface area contributed by atoms with Crippen molar-refractivity contribution in [2.45, 2.75) is 26.2 Å². The third kappa shape index (κ3) is 1.51. The number of fused-ring (bicyclic) bond motifs is 1. The van der Waals surface area contributed by atoms with Crippen molar-refractivity contribution in [3.05, 3.63) is 26.6 Å². The Labute approximate surface area is 97.5 Å². The molecular weight excluding hydrogens is 222 g/mol. The third-order valence-corrected chi connectivity index (χ3v) is 2.77. The number of aromatic nitrogens is 3. The molecule has 0 aliphatic heterocycles. The molecule has 92 valence electrons. The molecule has 0 spiro atoms. The molecule has 0 radical (unpaired) electrons. The van der Waals surface area contributed by atoms with Gasteiger partial charge in [0.2, 0.25) is 0 Å². The molecule has 0 amide bonds. The summed E-state index contributed by atoms with van der Waals surface area (Å²) in [6.07, 6.45) is 0. The summed E-state index contributed by atoms with van der Waals surface area (Å²) in [4.78, 5) is 23.8. The molecule has 0 unspecified atom stereocenters. The predicted molar refractivity (Wildman–Crippen MR) is 63.2 cm³/mol. The van der Waals surface area contributed by atoms with E-state index in [0.717, 1.165) is 4.57 Å². The zero-order valence-electron chi connectivity index (χ0n) is 10.6. The van der Waals surface area contributed by atoms with E-state index in [2.05, 4.69) is 5.16 Å². The average Bonchev–Trinajstić information content (AvgIpc) is 2.67. The highest BCUT2D eigenvalue weighted by atomic mass is 16.5. The lowest BCUT2D eigenvalue weighted by Crippen LogP contribution is -2.37. The summed E-state index contributed by atoms with van der Waals surface area (Å²) in [5, 5.41) is 4.20. The van der Waals surface area contributed by atoms with Crippen molar-refractivity contribution in [2.24, 2.45) is 14.1 Å². The Morgan fingerprint density at radius 2 is 1.71 bits per heavy atom. The van der Waals surface area contributed by atoms with Crippen molar-refractivity contribution < 1.29 is 4.52 Å². The lowest BCUT2D eigenvalue weighted by molar-refractivity contribution is 0.334.